The molecule has 0 amide bonds. The van der Waals surface area contributed by atoms with Crippen LogP contribution < -0.4 is 0 Å². The molecule has 100 valence electrons. The van der Waals surface area contributed by atoms with E-state index in [9.17, 15) is 9.90 Å². The highest BCUT2D eigenvalue weighted by Gasteiger charge is 2.26. The smallest absolute Gasteiger partial charge is 0.310 e. The van der Waals surface area contributed by atoms with Crippen LogP contribution in [-0.2, 0) is 22.5 Å². The van der Waals surface area contributed by atoms with Crippen LogP contribution in [0.1, 0.15) is 19.0 Å². The summed E-state index contributed by atoms with van der Waals surface area (Å²) in [6.45, 7) is 2.94. The van der Waals surface area contributed by atoms with Gasteiger partial charge in [0.05, 0.1) is 12.5 Å². The van der Waals surface area contributed by atoms with Crippen LogP contribution in [0.2, 0.25) is 0 Å². The topological polar surface area (TPSA) is 51.5 Å². The monoisotopic (exact) mass is 259 g/mol. The van der Waals surface area contributed by atoms with E-state index >= 15 is 0 Å². The predicted octanol–water partition coefficient (Wildman–Crippen LogP) is 2.47. The number of carbonyl (C=O) groups excluding carboxylic acids is 1. The molecule has 4 nitrogen and oxygen atoms in total. The summed E-state index contributed by atoms with van der Waals surface area (Å²) in [5.41, 5.74) is 2.29. The number of phenolic OH excluding ortho intramolecular Hbond substituents is 1. The van der Waals surface area contributed by atoms with Gasteiger partial charge in [-0.2, -0.15) is 0 Å². The molecule has 1 aromatic carbocycles. The van der Waals surface area contributed by atoms with Gasteiger partial charge in [0.2, 0.25) is 0 Å². The number of carbonyl (C=O) groups is 1. The van der Waals surface area contributed by atoms with Crippen molar-refractivity contribution in [2.24, 2.45) is 5.92 Å². The summed E-state index contributed by atoms with van der Waals surface area (Å²) >= 11 is 0. The summed E-state index contributed by atoms with van der Waals surface area (Å²) in [5, 5.41) is 10.5. The van der Waals surface area contributed by atoms with E-state index < -0.39 is 0 Å². The molecule has 1 aromatic heterocycles. The Bertz CT molecular complexity index is 630. The number of benzene rings is 1. The molecule has 1 atom stereocenters. The van der Waals surface area contributed by atoms with E-state index in [0.29, 0.717) is 13.2 Å². The average molecular weight is 259 g/mol. The lowest BCUT2D eigenvalue weighted by atomic mass is 9.98. The number of nitrogens with zero attached hydrogens (tertiary/aromatic N) is 1. The van der Waals surface area contributed by atoms with Crippen LogP contribution in [0.3, 0.4) is 0 Å². The molecule has 4 heteroatoms. The maximum absolute atomic E-state index is 11.8. The van der Waals surface area contributed by atoms with Crippen molar-refractivity contribution in [2.75, 3.05) is 6.61 Å². The van der Waals surface area contributed by atoms with Gasteiger partial charge in [-0.15, -0.1) is 0 Å². The highest BCUT2D eigenvalue weighted by molar-refractivity contribution is 5.83. The van der Waals surface area contributed by atoms with E-state index in [4.69, 9.17) is 4.74 Å². The molecule has 0 spiro atoms. The van der Waals surface area contributed by atoms with E-state index in [2.05, 4.69) is 10.6 Å². The SMILES string of the molecule is CCOC(=O)C1CCc2cc3cc(O)ccc3n2C1. The Morgan fingerprint density at radius 2 is 2.32 bits per heavy atom. The first-order valence-electron chi connectivity index (χ1n) is 6.67. The molecular weight excluding hydrogens is 242 g/mol. The summed E-state index contributed by atoms with van der Waals surface area (Å²) < 4.78 is 7.28. The van der Waals surface area contributed by atoms with Crippen molar-refractivity contribution in [3.05, 3.63) is 30.0 Å². The van der Waals surface area contributed by atoms with Crippen molar-refractivity contribution < 1.29 is 14.6 Å². The number of esters is 1. The van der Waals surface area contributed by atoms with Gasteiger partial charge in [0, 0.05) is 23.1 Å². The lowest BCUT2D eigenvalue weighted by molar-refractivity contribution is -0.149. The first-order valence-corrected chi connectivity index (χ1v) is 6.67. The van der Waals surface area contributed by atoms with Crippen LogP contribution in [0.4, 0.5) is 0 Å². The molecule has 1 N–H and O–H groups in total. The van der Waals surface area contributed by atoms with Crippen molar-refractivity contribution in [1.29, 1.82) is 0 Å². The van der Waals surface area contributed by atoms with Crippen molar-refractivity contribution in [1.82, 2.24) is 4.57 Å². The zero-order valence-electron chi connectivity index (χ0n) is 10.9. The quantitative estimate of drug-likeness (QED) is 0.843. The minimum absolute atomic E-state index is 0.0585. The molecule has 0 saturated carbocycles. The molecule has 0 bridgehead atoms. The number of hydrogen-bond acceptors (Lipinski definition) is 3. The maximum Gasteiger partial charge on any atom is 0.310 e. The summed E-state index contributed by atoms with van der Waals surface area (Å²) in [6.07, 6.45) is 1.71. The Balaban J connectivity index is 1.95. The number of phenols is 1. The van der Waals surface area contributed by atoms with E-state index in [1.165, 1.54) is 5.69 Å². The zero-order valence-corrected chi connectivity index (χ0v) is 10.9. The second-order valence-electron chi connectivity index (χ2n) is 4.98. The molecule has 2 aromatic rings. The molecule has 0 saturated heterocycles. The fourth-order valence-electron chi connectivity index (χ4n) is 2.82. The Hall–Kier alpha value is -1.97. The first-order chi connectivity index (χ1) is 9.19. The van der Waals surface area contributed by atoms with Gasteiger partial charge < -0.3 is 14.4 Å². The summed E-state index contributed by atoms with van der Waals surface area (Å²) in [4.78, 5) is 11.8. The third-order valence-electron chi connectivity index (χ3n) is 3.74. The van der Waals surface area contributed by atoms with Gasteiger partial charge in [-0.3, -0.25) is 4.79 Å². The number of rotatable bonds is 2. The summed E-state index contributed by atoms with van der Waals surface area (Å²) in [7, 11) is 0. The van der Waals surface area contributed by atoms with Gasteiger partial charge in [-0.1, -0.05) is 0 Å². The van der Waals surface area contributed by atoms with E-state index in [1.54, 1.807) is 12.1 Å². The first kappa shape index (κ1) is 12.1. The second-order valence-corrected chi connectivity index (χ2v) is 4.98. The van der Waals surface area contributed by atoms with Gasteiger partial charge in [-0.25, -0.2) is 0 Å². The fourth-order valence-corrected chi connectivity index (χ4v) is 2.82. The van der Waals surface area contributed by atoms with E-state index in [1.807, 2.05) is 13.0 Å². The molecule has 1 aliphatic heterocycles. The van der Waals surface area contributed by atoms with Crippen molar-refractivity contribution in [3.63, 3.8) is 0 Å². The zero-order chi connectivity index (χ0) is 13.4. The van der Waals surface area contributed by atoms with E-state index in [-0.39, 0.29) is 17.6 Å². The van der Waals surface area contributed by atoms with Gasteiger partial charge in [0.25, 0.3) is 0 Å². The average Bonchev–Trinajstić information content (AvgIpc) is 2.75. The molecule has 0 fully saturated rings. The van der Waals surface area contributed by atoms with Crippen LogP contribution in [0.5, 0.6) is 5.75 Å². The molecule has 0 aliphatic carbocycles. The molecule has 0 radical (unpaired) electrons. The van der Waals surface area contributed by atoms with Crippen LogP contribution in [-0.4, -0.2) is 22.2 Å². The normalized spacial score (nSPS) is 18.3. The number of aromatic hydroxyl groups is 1. The second kappa shape index (κ2) is 4.61. The Kier molecular flexibility index (Phi) is 2.93. The number of ether oxygens (including phenoxy) is 1. The number of aromatic nitrogens is 1. The van der Waals surface area contributed by atoms with Gasteiger partial charge in [0.15, 0.2) is 0 Å². The van der Waals surface area contributed by atoms with E-state index in [0.717, 1.165) is 23.7 Å². The minimum atomic E-state index is -0.103. The lowest BCUT2D eigenvalue weighted by Gasteiger charge is -2.23. The molecule has 1 aliphatic rings. The standard InChI is InChI=1S/C15H17NO3/c1-2-19-15(18)10-3-4-12-7-11-8-13(17)5-6-14(11)16(12)9-10/h5-8,10,17H,2-4,9H2,1H3. The van der Waals surface area contributed by atoms with Crippen LogP contribution in [0.25, 0.3) is 10.9 Å². The molecule has 3 rings (SSSR count). The Labute approximate surface area is 111 Å². The lowest BCUT2D eigenvalue weighted by Crippen LogP contribution is -2.28. The highest BCUT2D eigenvalue weighted by Crippen LogP contribution is 2.30. The number of hydrogen-bond donors (Lipinski definition) is 1. The number of fused-ring (bicyclic) bond motifs is 3. The molecular formula is C15H17NO3. The minimum Gasteiger partial charge on any atom is -0.508 e. The Morgan fingerprint density at radius 1 is 1.47 bits per heavy atom. The van der Waals surface area contributed by atoms with Gasteiger partial charge in [0.1, 0.15) is 5.75 Å². The van der Waals surface area contributed by atoms with Crippen molar-refractivity contribution >= 4 is 16.9 Å². The highest BCUT2D eigenvalue weighted by atomic mass is 16.5. The van der Waals surface area contributed by atoms with Crippen molar-refractivity contribution in [3.8, 4) is 5.75 Å². The Morgan fingerprint density at radius 3 is 3.11 bits per heavy atom. The molecule has 1 unspecified atom stereocenters. The van der Waals surface area contributed by atoms with Crippen LogP contribution in [0, 0.1) is 5.92 Å². The van der Waals surface area contributed by atoms with Gasteiger partial charge in [-0.05, 0) is 44.0 Å². The van der Waals surface area contributed by atoms with Gasteiger partial charge >= 0.3 is 5.97 Å². The van der Waals surface area contributed by atoms with Crippen LogP contribution in [0.15, 0.2) is 24.3 Å². The van der Waals surface area contributed by atoms with Crippen molar-refractivity contribution in [2.45, 2.75) is 26.3 Å². The predicted molar refractivity (Wildman–Crippen MR) is 72.0 cm³/mol. The largest absolute Gasteiger partial charge is 0.508 e. The van der Waals surface area contributed by atoms with Crippen LogP contribution >= 0.6 is 0 Å². The third kappa shape index (κ3) is 2.07. The fraction of sp³-hybridized carbons (Fsp3) is 0.400. The summed E-state index contributed by atoms with van der Waals surface area (Å²) in [6, 6.07) is 7.45. The molecule has 2 heterocycles. The maximum atomic E-state index is 11.8. The third-order valence-corrected chi connectivity index (χ3v) is 3.74. The summed E-state index contributed by atoms with van der Waals surface area (Å²) in [5.74, 6) is 0.114. The molecule has 19 heavy (non-hydrogen) atoms. The number of aryl methyl sites for hydroxylation is 1.